The van der Waals surface area contributed by atoms with Crippen LogP contribution in [0.25, 0.3) is 0 Å². The Morgan fingerprint density at radius 2 is 1.83 bits per heavy atom. The minimum absolute atomic E-state index is 0.0776. The summed E-state index contributed by atoms with van der Waals surface area (Å²) >= 11 is 0. The number of ether oxygens (including phenoxy) is 1. The van der Waals surface area contributed by atoms with Crippen molar-refractivity contribution < 1.29 is 27.5 Å². The van der Waals surface area contributed by atoms with Crippen LogP contribution in [0.1, 0.15) is 54.6 Å². The molecule has 1 spiro atoms. The second-order valence-corrected chi connectivity index (χ2v) is 10.0. The van der Waals surface area contributed by atoms with Crippen molar-refractivity contribution in [2.75, 3.05) is 20.2 Å². The van der Waals surface area contributed by atoms with Gasteiger partial charge in [-0.25, -0.2) is 0 Å². The van der Waals surface area contributed by atoms with E-state index in [1.54, 1.807) is 47.2 Å². The van der Waals surface area contributed by atoms with Crippen molar-refractivity contribution >= 4 is 11.8 Å². The number of rotatable bonds is 6. The molecule has 0 radical (unpaired) electrons. The maximum absolute atomic E-state index is 13.5. The Morgan fingerprint density at radius 3 is 2.47 bits per heavy atom. The Balaban J connectivity index is 1.55. The average Bonchev–Trinajstić information content (AvgIpc) is 3.08. The summed E-state index contributed by atoms with van der Waals surface area (Å²) in [7, 11) is 1.55. The molecule has 0 unspecified atom stereocenters. The van der Waals surface area contributed by atoms with Gasteiger partial charge in [0.2, 0.25) is 5.91 Å². The molecule has 2 aliphatic heterocycles. The Hall–Kier alpha value is -3.07. The number of alkyl halides is 3. The van der Waals surface area contributed by atoms with Gasteiger partial charge in [0.15, 0.2) is 0 Å². The minimum Gasteiger partial charge on any atom is -0.497 e. The van der Waals surface area contributed by atoms with Crippen LogP contribution in [0, 0.1) is 5.92 Å². The molecule has 2 amide bonds. The van der Waals surface area contributed by atoms with E-state index in [0.717, 1.165) is 12.1 Å². The number of nitrogens with zero attached hydrogens (tertiary/aromatic N) is 2. The number of carbonyl (C=O) groups excluding carboxylic acids is 2. The van der Waals surface area contributed by atoms with Crippen LogP contribution >= 0.6 is 0 Å². The first kappa shape index (κ1) is 26.0. The maximum atomic E-state index is 13.5. The van der Waals surface area contributed by atoms with Crippen LogP contribution in [0.4, 0.5) is 13.2 Å². The molecule has 2 saturated heterocycles. The van der Waals surface area contributed by atoms with Crippen LogP contribution in [0.5, 0.6) is 5.75 Å². The predicted molar refractivity (Wildman–Crippen MR) is 129 cm³/mol. The number of likely N-dealkylation sites (tertiary alicyclic amines) is 1. The topological polar surface area (TPSA) is 61.9 Å². The summed E-state index contributed by atoms with van der Waals surface area (Å²) in [6.45, 7) is 4.99. The third kappa shape index (κ3) is 5.36. The molecule has 0 aromatic heterocycles. The van der Waals surface area contributed by atoms with Crippen LogP contribution in [-0.2, 0) is 17.5 Å². The fraction of sp³-hybridized carbons (Fsp3) is 0.481. The number of methoxy groups -OCH3 is 1. The van der Waals surface area contributed by atoms with E-state index in [-0.39, 0.29) is 24.3 Å². The highest BCUT2D eigenvalue weighted by molar-refractivity contribution is 5.94. The van der Waals surface area contributed by atoms with E-state index in [1.807, 2.05) is 13.8 Å². The first-order chi connectivity index (χ1) is 17.0. The first-order valence-electron chi connectivity index (χ1n) is 12.2. The van der Waals surface area contributed by atoms with Gasteiger partial charge >= 0.3 is 6.18 Å². The van der Waals surface area contributed by atoms with Gasteiger partial charge in [-0.1, -0.05) is 32.0 Å². The number of carbonyl (C=O) groups is 2. The summed E-state index contributed by atoms with van der Waals surface area (Å²) in [4.78, 5) is 30.0. The lowest BCUT2D eigenvalue weighted by molar-refractivity contribution is -0.137. The van der Waals surface area contributed by atoms with E-state index in [4.69, 9.17) is 4.74 Å². The summed E-state index contributed by atoms with van der Waals surface area (Å²) in [6, 6.07) is 11.7. The van der Waals surface area contributed by atoms with E-state index >= 15 is 0 Å². The van der Waals surface area contributed by atoms with Crippen molar-refractivity contribution in [3.05, 3.63) is 65.2 Å². The first-order valence-corrected chi connectivity index (χ1v) is 12.2. The highest BCUT2D eigenvalue weighted by Gasteiger charge is 2.51. The molecule has 2 aromatic carbocycles. The molecule has 2 fully saturated rings. The Labute approximate surface area is 209 Å². The highest BCUT2D eigenvalue weighted by Crippen LogP contribution is 2.37. The summed E-state index contributed by atoms with van der Waals surface area (Å²) in [6.07, 6.45) is -2.84. The fourth-order valence-electron chi connectivity index (χ4n) is 5.18. The lowest BCUT2D eigenvalue weighted by Crippen LogP contribution is -2.59. The number of nitrogens with one attached hydrogen (secondary N) is 1. The molecule has 2 aromatic rings. The third-order valence-corrected chi connectivity index (χ3v) is 7.02. The van der Waals surface area contributed by atoms with E-state index in [0.29, 0.717) is 49.2 Å². The van der Waals surface area contributed by atoms with Gasteiger partial charge in [-0.05, 0) is 48.2 Å². The van der Waals surface area contributed by atoms with E-state index in [2.05, 4.69) is 5.32 Å². The zero-order chi connectivity index (χ0) is 26.1. The van der Waals surface area contributed by atoms with Crippen LogP contribution in [0.3, 0.4) is 0 Å². The van der Waals surface area contributed by atoms with Crippen LogP contribution in [-0.4, -0.2) is 53.5 Å². The smallest absolute Gasteiger partial charge is 0.416 e. The van der Waals surface area contributed by atoms with Gasteiger partial charge in [0, 0.05) is 38.0 Å². The Morgan fingerprint density at radius 1 is 1.14 bits per heavy atom. The van der Waals surface area contributed by atoms with Crippen molar-refractivity contribution in [3.8, 4) is 5.75 Å². The lowest BCUT2D eigenvalue weighted by Gasteiger charge is -2.44. The van der Waals surface area contributed by atoms with Gasteiger partial charge in [0.05, 0.1) is 24.4 Å². The molecule has 194 valence electrons. The third-order valence-electron chi connectivity index (χ3n) is 7.02. The average molecular weight is 504 g/mol. The Bertz CT molecular complexity index is 1110. The summed E-state index contributed by atoms with van der Waals surface area (Å²) < 4.78 is 45.1. The molecular formula is C27H32F3N3O3. The zero-order valence-corrected chi connectivity index (χ0v) is 20.8. The van der Waals surface area contributed by atoms with Crippen molar-refractivity contribution in [1.29, 1.82) is 0 Å². The molecule has 6 nitrogen and oxygen atoms in total. The van der Waals surface area contributed by atoms with E-state index < -0.39 is 23.4 Å². The quantitative estimate of drug-likeness (QED) is 0.621. The largest absolute Gasteiger partial charge is 0.497 e. The van der Waals surface area contributed by atoms with Gasteiger partial charge in [-0.15, -0.1) is 0 Å². The molecule has 4 rings (SSSR count). The van der Waals surface area contributed by atoms with Gasteiger partial charge < -0.3 is 14.5 Å². The van der Waals surface area contributed by atoms with Gasteiger partial charge in [0.1, 0.15) is 5.75 Å². The number of benzene rings is 2. The van der Waals surface area contributed by atoms with Gasteiger partial charge in [-0.3, -0.25) is 14.9 Å². The SMILES string of the molecule is COc1cccc(C(=O)N2CCC3(CC2)N[C@@H](CC(C)C)C(=O)N3Cc2cccc(C(F)(F)F)c2)c1. The molecule has 2 aliphatic rings. The molecule has 1 N–H and O–H groups in total. The molecule has 1 atom stereocenters. The number of hydrogen-bond acceptors (Lipinski definition) is 4. The summed E-state index contributed by atoms with van der Waals surface area (Å²) in [5.74, 6) is 0.651. The molecule has 0 bridgehead atoms. The van der Waals surface area contributed by atoms with Crippen LogP contribution in [0.2, 0.25) is 0 Å². The Kier molecular flexibility index (Phi) is 7.31. The highest BCUT2D eigenvalue weighted by atomic mass is 19.4. The lowest BCUT2D eigenvalue weighted by atomic mass is 9.94. The van der Waals surface area contributed by atoms with Gasteiger partial charge in [-0.2, -0.15) is 13.2 Å². The number of piperidine rings is 1. The fourth-order valence-corrected chi connectivity index (χ4v) is 5.18. The molecule has 0 saturated carbocycles. The van der Waals surface area contributed by atoms with Crippen molar-refractivity contribution in [2.24, 2.45) is 5.92 Å². The maximum Gasteiger partial charge on any atom is 0.416 e. The summed E-state index contributed by atoms with van der Waals surface area (Å²) in [5.41, 5.74) is -0.486. The molecule has 2 heterocycles. The van der Waals surface area contributed by atoms with Crippen LogP contribution in [0.15, 0.2) is 48.5 Å². The van der Waals surface area contributed by atoms with Crippen LogP contribution < -0.4 is 10.1 Å². The normalized spacial score (nSPS) is 19.9. The number of amides is 2. The minimum atomic E-state index is -4.45. The number of halogens is 3. The summed E-state index contributed by atoms with van der Waals surface area (Å²) in [5, 5.41) is 3.52. The predicted octanol–water partition coefficient (Wildman–Crippen LogP) is 4.69. The van der Waals surface area contributed by atoms with Gasteiger partial charge in [0.25, 0.3) is 5.91 Å². The monoisotopic (exact) mass is 503 g/mol. The standard InChI is InChI=1S/C27H32F3N3O3/c1-18(2)14-23-25(35)33(17-19-6-4-8-21(15-19)27(28,29)30)26(31-23)10-12-32(13-11-26)24(34)20-7-5-9-22(16-20)36-3/h4-9,15-16,18,23,31H,10-14,17H2,1-3H3/t23-/m0/s1. The molecule has 36 heavy (non-hydrogen) atoms. The van der Waals surface area contributed by atoms with Crippen molar-refractivity contribution in [2.45, 2.75) is 57.5 Å². The molecule has 0 aliphatic carbocycles. The zero-order valence-electron chi connectivity index (χ0n) is 20.8. The van der Waals surface area contributed by atoms with Crippen molar-refractivity contribution in [3.63, 3.8) is 0 Å². The molecular weight excluding hydrogens is 471 g/mol. The molecule has 9 heteroatoms. The van der Waals surface area contributed by atoms with Crippen molar-refractivity contribution in [1.82, 2.24) is 15.1 Å². The van der Waals surface area contributed by atoms with E-state index in [1.165, 1.54) is 6.07 Å². The second kappa shape index (κ2) is 10.1. The van der Waals surface area contributed by atoms with E-state index in [9.17, 15) is 22.8 Å². The second-order valence-electron chi connectivity index (χ2n) is 10.0. The number of hydrogen-bond donors (Lipinski definition) is 1.